The molecule has 3 heterocycles. The first kappa shape index (κ1) is 21.1. The summed E-state index contributed by atoms with van der Waals surface area (Å²) in [6.45, 7) is 11.8. The molecular formula is C25H31N5O. The molecule has 6 nitrogen and oxygen atoms in total. The number of hydrogen-bond acceptors (Lipinski definition) is 4. The second-order valence-electron chi connectivity index (χ2n) is 8.17. The van der Waals surface area contributed by atoms with Crippen LogP contribution in [0.5, 0.6) is 0 Å². The predicted octanol–water partition coefficient (Wildman–Crippen LogP) is 3.28. The Balaban J connectivity index is 1.33. The summed E-state index contributed by atoms with van der Waals surface area (Å²) >= 11 is 0. The topological polar surface area (TPSA) is 46.3 Å². The third kappa shape index (κ3) is 5.14. The number of aromatic nitrogens is 3. The summed E-state index contributed by atoms with van der Waals surface area (Å²) in [5.74, 6) is 1.08. The maximum Gasteiger partial charge on any atom is 0.271 e. The standard InChI is InChI=1S/C25H31N5O/c1-3-6-22-7-4-8-23(20-22)30-25(31)10-14-29(30)13-5-12-27-15-17-28(18-16-27)24-19-21(2)9-11-26-24/h3-4,7-11,14,19-20H,1,5-6,12-13,15-18H2,2H3. The fourth-order valence-electron chi connectivity index (χ4n) is 4.20. The Morgan fingerprint density at radius 2 is 1.90 bits per heavy atom. The number of hydrogen-bond donors (Lipinski definition) is 0. The Hall–Kier alpha value is -3.12. The number of aryl methyl sites for hydroxylation is 2. The first-order chi connectivity index (χ1) is 15.1. The Bertz CT molecular complexity index is 1080. The second-order valence-corrected chi connectivity index (χ2v) is 8.17. The predicted molar refractivity (Wildman–Crippen MR) is 126 cm³/mol. The van der Waals surface area contributed by atoms with Crippen molar-refractivity contribution in [3.05, 3.63) is 89.0 Å². The molecule has 2 aromatic heterocycles. The molecule has 0 aliphatic carbocycles. The van der Waals surface area contributed by atoms with Crippen LogP contribution in [0.25, 0.3) is 5.69 Å². The lowest BCUT2D eigenvalue weighted by Gasteiger charge is -2.35. The SMILES string of the molecule is C=CCc1cccc(-n2c(=O)ccn2CCCN2CCN(c3cc(C)ccn3)CC2)c1. The van der Waals surface area contributed by atoms with Gasteiger partial charge in [-0.25, -0.2) is 9.67 Å². The van der Waals surface area contributed by atoms with Crippen LogP contribution in [0.3, 0.4) is 0 Å². The summed E-state index contributed by atoms with van der Waals surface area (Å²) in [7, 11) is 0. The first-order valence-electron chi connectivity index (χ1n) is 11.0. The highest BCUT2D eigenvalue weighted by Gasteiger charge is 2.18. The molecule has 3 aromatic rings. The fourth-order valence-corrected chi connectivity index (χ4v) is 4.20. The number of pyridine rings is 1. The molecule has 1 aliphatic rings. The van der Waals surface area contributed by atoms with Gasteiger partial charge in [0.1, 0.15) is 5.82 Å². The van der Waals surface area contributed by atoms with Crippen molar-refractivity contribution in [1.82, 2.24) is 19.2 Å². The highest BCUT2D eigenvalue weighted by Crippen LogP contribution is 2.15. The monoisotopic (exact) mass is 417 g/mol. The molecule has 6 heteroatoms. The molecule has 4 rings (SSSR count). The molecule has 0 saturated carbocycles. The summed E-state index contributed by atoms with van der Waals surface area (Å²) in [4.78, 5) is 21.9. The van der Waals surface area contributed by atoms with E-state index in [0.29, 0.717) is 0 Å². The van der Waals surface area contributed by atoms with E-state index in [-0.39, 0.29) is 5.56 Å². The van der Waals surface area contributed by atoms with Gasteiger partial charge in [-0.1, -0.05) is 18.2 Å². The minimum Gasteiger partial charge on any atom is -0.354 e. The summed E-state index contributed by atoms with van der Waals surface area (Å²) in [5, 5.41) is 0. The van der Waals surface area contributed by atoms with Gasteiger partial charge in [0, 0.05) is 57.7 Å². The zero-order valence-corrected chi connectivity index (χ0v) is 18.3. The molecule has 0 atom stereocenters. The van der Waals surface area contributed by atoms with E-state index in [2.05, 4.69) is 46.5 Å². The Morgan fingerprint density at radius 3 is 2.68 bits per heavy atom. The minimum absolute atomic E-state index is 0.00928. The minimum atomic E-state index is 0.00928. The zero-order chi connectivity index (χ0) is 21.6. The molecule has 1 fully saturated rings. The second kappa shape index (κ2) is 9.79. The Kier molecular flexibility index (Phi) is 6.67. The maximum absolute atomic E-state index is 12.5. The number of anilines is 1. The van der Waals surface area contributed by atoms with E-state index in [4.69, 9.17) is 0 Å². The molecule has 0 amide bonds. The van der Waals surface area contributed by atoms with Crippen molar-refractivity contribution >= 4 is 5.82 Å². The quantitative estimate of drug-likeness (QED) is 0.528. The van der Waals surface area contributed by atoms with E-state index < -0.39 is 0 Å². The molecular weight excluding hydrogens is 386 g/mol. The summed E-state index contributed by atoms with van der Waals surface area (Å²) in [6, 6.07) is 14.0. The van der Waals surface area contributed by atoms with Gasteiger partial charge in [0.05, 0.1) is 5.69 Å². The molecule has 0 unspecified atom stereocenters. The van der Waals surface area contributed by atoms with Gasteiger partial charge >= 0.3 is 0 Å². The number of benzene rings is 1. The normalized spacial score (nSPS) is 14.7. The molecule has 1 saturated heterocycles. The van der Waals surface area contributed by atoms with E-state index in [1.807, 2.05) is 41.4 Å². The third-order valence-electron chi connectivity index (χ3n) is 5.85. The van der Waals surface area contributed by atoms with Crippen LogP contribution in [0.4, 0.5) is 5.82 Å². The average Bonchev–Trinajstić information content (AvgIpc) is 3.15. The van der Waals surface area contributed by atoms with Gasteiger partial charge in [0.25, 0.3) is 5.56 Å². The van der Waals surface area contributed by atoms with Crippen LogP contribution in [0.1, 0.15) is 17.5 Å². The van der Waals surface area contributed by atoms with E-state index in [1.165, 1.54) is 5.56 Å². The van der Waals surface area contributed by atoms with Crippen molar-refractivity contribution in [3.8, 4) is 5.69 Å². The number of nitrogens with zero attached hydrogens (tertiary/aromatic N) is 5. The van der Waals surface area contributed by atoms with Crippen LogP contribution in [-0.4, -0.2) is 52.0 Å². The molecule has 0 N–H and O–H groups in total. The van der Waals surface area contributed by atoms with Crippen LogP contribution in [0.15, 0.2) is 72.3 Å². The van der Waals surface area contributed by atoms with Crippen molar-refractivity contribution < 1.29 is 0 Å². The van der Waals surface area contributed by atoms with Crippen molar-refractivity contribution in [2.75, 3.05) is 37.6 Å². The van der Waals surface area contributed by atoms with Crippen LogP contribution in [0, 0.1) is 6.92 Å². The van der Waals surface area contributed by atoms with E-state index in [9.17, 15) is 4.79 Å². The lowest BCUT2D eigenvalue weighted by molar-refractivity contribution is 0.247. The molecule has 162 valence electrons. The van der Waals surface area contributed by atoms with Gasteiger partial charge in [-0.2, -0.15) is 0 Å². The zero-order valence-electron chi connectivity index (χ0n) is 18.3. The average molecular weight is 418 g/mol. The largest absolute Gasteiger partial charge is 0.354 e. The summed E-state index contributed by atoms with van der Waals surface area (Å²) in [6.07, 6.45) is 7.47. The molecule has 0 radical (unpaired) electrons. The Morgan fingerprint density at radius 1 is 1.06 bits per heavy atom. The molecule has 31 heavy (non-hydrogen) atoms. The van der Waals surface area contributed by atoms with Gasteiger partial charge in [-0.3, -0.25) is 14.4 Å². The van der Waals surface area contributed by atoms with Crippen LogP contribution in [-0.2, 0) is 13.0 Å². The summed E-state index contributed by atoms with van der Waals surface area (Å²) in [5.41, 5.74) is 3.33. The molecule has 0 spiro atoms. The number of piperazine rings is 1. The van der Waals surface area contributed by atoms with Crippen molar-refractivity contribution in [2.24, 2.45) is 0 Å². The van der Waals surface area contributed by atoms with Crippen LogP contribution < -0.4 is 10.5 Å². The summed E-state index contributed by atoms with van der Waals surface area (Å²) < 4.78 is 3.80. The number of rotatable bonds is 8. The van der Waals surface area contributed by atoms with Gasteiger partial charge in [-0.15, -0.1) is 6.58 Å². The van der Waals surface area contributed by atoms with Gasteiger partial charge in [0.15, 0.2) is 0 Å². The molecule has 1 aliphatic heterocycles. The lowest BCUT2D eigenvalue weighted by atomic mass is 10.1. The fraction of sp³-hybridized carbons (Fsp3) is 0.360. The highest BCUT2D eigenvalue weighted by molar-refractivity contribution is 5.41. The van der Waals surface area contributed by atoms with E-state index >= 15 is 0 Å². The number of allylic oxidation sites excluding steroid dienone is 1. The van der Waals surface area contributed by atoms with E-state index in [0.717, 1.165) is 69.2 Å². The first-order valence-corrected chi connectivity index (χ1v) is 11.0. The molecule has 0 bridgehead atoms. The van der Waals surface area contributed by atoms with Crippen molar-refractivity contribution in [1.29, 1.82) is 0 Å². The van der Waals surface area contributed by atoms with Crippen LogP contribution >= 0.6 is 0 Å². The highest BCUT2D eigenvalue weighted by atomic mass is 16.1. The lowest BCUT2D eigenvalue weighted by Crippen LogP contribution is -2.47. The maximum atomic E-state index is 12.5. The van der Waals surface area contributed by atoms with Crippen LogP contribution in [0.2, 0.25) is 0 Å². The van der Waals surface area contributed by atoms with Crippen molar-refractivity contribution in [2.45, 2.75) is 26.3 Å². The van der Waals surface area contributed by atoms with Crippen molar-refractivity contribution in [3.63, 3.8) is 0 Å². The van der Waals surface area contributed by atoms with Gasteiger partial charge in [-0.05, 0) is 55.2 Å². The van der Waals surface area contributed by atoms with E-state index in [1.54, 1.807) is 10.7 Å². The van der Waals surface area contributed by atoms with Gasteiger partial charge in [0.2, 0.25) is 0 Å². The molecule has 1 aromatic carbocycles. The third-order valence-corrected chi connectivity index (χ3v) is 5.85. The smallest absolute Gasteiger partial charge is 0.271 e. The Labute approximate surface area is 184 Å². The van der Waals surface area contributed by atoms with Gasteiger partial charge < -0.3 is 4.90 Å².